The number of hydrogen-bond acceptors (Lipinski definition) is 5. The molecule has 12 heteroatoms. The number of aliphatic carboxylic acids is 1. The van der Waals surface area contributed by atoms with E-state index in [9.17, 15) is 19.2 Å². The lowest BCUT2D eigenvalue weighted by atomic mass is 10.1. The van der Waals surface area contributed by atoms with Crippen LogP contribution in [0.1, 0.15) is 22.3 Å². The Bertz CT molecular complexity index is 1050. The molecule has 0 aliphatic heterocycles. The molecule has 0 saturated heterocycles. The molecule has 0 saturated carbocycles. The minimum absolute atomic E-state index is 0.116. The van der Waals surface area contributed by atoms with Crippen molar-refractivity contribution >= 4 is 46.9 Å². The van der Waals surface area contributed by atoms with Crippen molar-refractivity contribution in [3.63, 3.8) is 0 Å². The van der Waals surface area contributed by atoms with Crippen molar-refractivity contribution in [3.05, 3.63) is 64.7 Å². The van der Waals surface area contributed by atoms with Gasteiger partial charge in [-0.25, -0.2) is 4.99 Å². The van der Waals surface area contributed by atoms with E-state index >= 15 is 0 Å². The van der Waals surface area contributed by atoms with Gasteiger partial charge in [0, 0.05) is 17.1 Å². The van der Waals surface area contributed by atoms with E-state index < -0.39 is 42.7 Å². The summed E-state index contributed by atoms with van der Waals surface area (Å²) in [4.78, 5) is 51.9. The van der Waals surface area contributed by atoms with Crippen LogP contribution < -0.4 is 27.4 Å². The Labute approximate surface area is 194 Å². The molecule has 0 aromatic heterocycles. The molecule has 3 amide bonds. The lowest BCUT2D eigenvalue weighted by molar-refractivity contribution is -0.140. The predicted octanol–water partition coefficient (Wildman–Crippen LogP) is 0.251. The van der Waals surface area contributed by atoms with Crippen LogP contribution in [0.3, 0.4) is 0 Å². The average Bonchev–Trinajstić information content (AvgIpc) is 2.76. The van der Waals surface area contributed by atoms with Crippen molar-refractivity contribution in [2.75, 3.05) is 6.54 Å². The highest BCUT2D eigenvalue weighted by Crippen LogP contribution is 2.13. The molecule has 2 aromatic rings. The molecule has 174 valence electrons. The molecule has 1 atom stereocenters. The summed E-state index contributed by atoms with van der Waals surface area (Å²) < 4.78 is 0. The first-order chi connectivity index (χ1) is 15.6. The van der Waals surface area contributed by atoms with Crippen LogP contribution in [-0.2, 0) is 20.9 Å². The standard InChI is InChI=1S/C21H23ClN6O5/c22-14-6-4-12(5-7-14)10-25-20(33)16(9-18(30)31)28-17(29)11-26-19(32)13-2-1-3-15(8-13)27-21(23)24/h1-8,16H,9-11H2,(H,25,33)(H,26,32)(H,28,29)(H,30,31)(H4,23,24,27)/t16-/m0/s1. The number of carbonyl (C=O) groups excluding carboxylic acids is 3. The van der Waals surface area contributed by atoms with Gasteiger partial charge in [-0.1, -0.05) is 29.8 Å². The van der Waals surface area contributed by atoms with Gasteiger partial charge in [-0.2, -0.15) is 0 Å². The minimum Gasteiger partial charge on any atom is -0.481 e. The first-order valence-electron chi connectivity index (χ1n) is 9.65. The number of nitrogens with one attached hydrogen (secondary N) is 3. The maximum Gasteiger partial charge on any atom is 0.305 e. The highest BCUT2D eigenvalue weighted by Gasteiger charge is 2.23. The zero-order valence-electron chi connectivity index (χ0n) is 17.4. The van der Waals surface area contributed by atoms with E-state index in [1.807, 2.05) is 0 Å². The molecule has 0 bridgehead atoms. The second-order valence-corrected chi connectivity index (χ2v) is 7.27. The molecule has 0 fully saturated rings. The fourth-order valence-corrected chi connectivity index (χ4v) is 2.80. The Morgan fingerprint density at radius 1 is 1.03 bits per heavy atom. The van der Waals surface area contributed by atoms with E-state index in [1.54, 1.807) is 36.4 Å². The molecule has 0 unspecified atom stereocenters. The van der Waals surface area contributed by atoms with E-state index in [0.717, 1.165) is 5.56 Å². The lowest BCUT2D eigenvalue weighted by Gasteiger charge is -2.17. The van der Waals surface area contributed by atoms with Crippen LogP contribution in [0, 0.1) is 0 Å². The molecule has 11 nitrogen and oxygen atoms in total. The van der Waals surface area contributed by atoms with Crippen molar-refractivity contribution in [2.45, 2.75) is 19.0 Å². The average molecular weight is 475 g/mol. The monoisotopic (exact) mass is 474 g/mol. The van der Waals surface area contributed by atoms with Gasteiger partial charge in [0.25, 0.3) is 5.91 Å². The van der Waals surface area contributed by atoms with Crippen molar-refractivity contribution < 1.29 is 24.3 Å². The third-order valence-corrected chi connectivity index (χ3v) is 4.44. The van der Waals surface area contributed by atoms with Crippen LogP contribution in [0.15, 0.2) is 53.5 Å². The van der Waals surface area contributed by atoms with Gasteiger partial charge in [0.15, 0.2) is 5.96 Å². The van der Waals surface area contributed by atoms with Gasteiger partial charge in [0.1, 0.15) is 6.04 Å². The molecule has 2 rings (SSSR count). The Morgan fingerprint density at radius 3 is 2.36 bits per heavy atom. The smallest absolute Gasteiger partial charge is 0.305 e. The summed E-state index contributed by atoms with van der Waals surface area (Å²) in [5.74, 6) is -3.46. The predicted molar refractivity (Wildman–Crippen MR) is 122 cm³/mol. The quantitative estimate of drug-likeness (QED) is 0.210. The van der Waals surface area contributed by atoms with Gasteiger partial charge in [0.2, 0.25) is 11.8 Å². The summed E-state index contributed by atoms with van der Waals surface area (Å²) in [5, 5.41) is 16.9. The van der Waals surface area contributed by atoms with Gasteiger partial charge in [-0.15, -0.1) is 0 Å². The molecular formula is C21H23ClN6O5. The summed E-state index contributed by atoms with van der Waals surface area (Å²) in [6.45, 7) is -0.364. The third kappa shape index (κ3) is 8.87. The highest BCUT2D eigenvalue weighted by molar-refractivity contribution is 6.30. The van der Waals surface area contributed by atoms with E-state index in [4.69, 9.17) is 28.2 Å². The number of rotatable bonds is 10. The Hall–Kier alpha value is -4.12. The van der Waals surface area contributed by atoms with Crippen molar-refractivity contribution in [2.24, 2.45) is 16.5 Å². The Balaban J connectivity index is 1.92. The maximum atomic E-state index is 12.4. The van der Waals surface area contributed by atoms with Gasteiger partial charge in [-0.3, -0.25) is 19.2 Å². The van der Waals surface area contributed by atoms with Crippen molar-refractivity contribution in [3.8, 4) is 0 Å². The molecule has 0 spiro atoms. The molecule has 33 heavy (non-hydrogen) atoms. The first kappa shape index (κ1) is 25.1. The Kier molecular flexibility index (Phi) is 9.18. The maximum absolute atomic E-state index is 12.4. The number of carbonyl (C=O) groups is 4. The number of nitrogens with two attached hydrogens (primary N) is 2. The molecule has 8 N–H and O–H groups in total. The topological polar surface area (TPSA) is 189 Å². The summed E-state index contributed by atoms with van der Waals surface area (Å²) in [6.07, 6.45) is -0.632. The molecule has 0 aliphatic rings. The summed E-state index contributed by atoms with van der Waals surface area (Å²) in [5.41, 5.74) is 11.9. The normalized spacial score (nSPS) is 11.1. The SMILES string of the molecule is NC(N)=Nc1cccc(C(=O)NCC(=O)N[C@@H](CC(=O)O)C(=O)NCc2ccc(Cl)cc2)c1. The molecule has 2 aromatic carbocycles. The minimum atomic E-state index is -1.33. The van der Waals surface area contributed by atoms with E-state index in [-0.39, 0.29) is 18.1 Å². The fraction of sp³-hybridized carbons (Fsp3) is 0.190. The second-order valence-electron chi connectivity index (χ2n) is 6.83. The second kappa shape index (κ2) is 12.1. The van der Waals surface area contributed by atoms with Crippen LogP contribution in [-0.4, -0.2) is 47.3 Å². The largest absolute Gasteiger partial charge is 0.481 e. The summed E-state index contributed by atoms with van der Waals surface area (Å²) in [7, 11) is 0. The number of aliphatic imine (C=N–C) groups is 1. The molecule has 0 radical (unpaired) electrons. The van der Waals surface area contributed by atoms with Crippen LogP contribution >= 0.6 is 11.6 Å². The van der Waals surface area contributed by atoms with E-state index in [1.165, 1.54) is 12.1 Å². The van der Waals surface area contributed by atoms with Crippen molar-refractivity contribution in [1.29, 1.82) is 0 Å². The summed E-state index contributed by atoms with van der Waals surface area (Å²) >= 11 is 5.81. The van der Waals surface area contributed by atoms with E-state index in [2.05, 4.69) is 20.9 Å². The number of carboxylic acid groups (broad SMARTS) is 1. The lowest BCUT2D eigenvalue weighted by Crippen LogP contribution is -2.50. The zero-order valence-corrected chi connectivity index (χ0v) is 18.1. The third-order valence-electron chi connectivity index (χ3n) is 4.19. The van der Waals surface area contributed by atoms with Gasteiger partial charge in [-0.05, 0) is 35.9 Å². The van der Waals surface area contributed by atoms with E-state index in [0.29, 0.717) is 10.7 Å². The molecule has 0 aliphatic carbocycles. The van der Waals surface area contributed by atoms with Gasteiger partial charge >= 0.3 is 5.97 Å². The zero-order chi connectivity index (χ0) is 24.4. The van der Waals surface area contributed by atoms with Crippen molar-refractivity contribution in [1.82, 2.24) is 16.0 Å². The van der Waals surface area contributed by atoms with Crippen LogP contribution in [0.5, 0.6) is 0 Å². The number of carboxylic acids is 1. The van der Waals surface area contributed by atoms with Crippen LogP contribution in [0.4, 0.5) is 5.69 Å². The number of hydrogen-bond donors (Lipinski definition) is 6. The fourth-order valence-electron chi connectivity index (χ4n) is 2.67. The Morgan fingerprint density at radius 2 is 1.73 bits per heavy atom. The number of guanidine groups is 1. The number of amides is 3. The molecule has 0 heterocycles. The van der Waals surface area contributed by atoms with Crippen LogP contribution in [0.2, 0.25) is 5.02 Å². The van der Waals surface area contributed by atoms with Gasteiger partial charge < -0.3 is 32.5 Å². The number of benzene rings is 2. The first-order valence-corrected chi connectivity index (χ1v) is 10.0. The number of halogens is 1. The van der Waals surface area contributed by atoms with Crippen LogP contribution in [0.25, 0.3) is 0 Å². The van der Waals surface area contributed by atoms with Gasteiger partial charge in [0.05, 0.1) is 18.7 Å². The number of nitrogens with zero attached hydrogens (tertiary/aromatic N) is 1. The summed E-state index contributed by atoms with van der Waals surface area (Å²) in [6, 6.07) is 11.4. The highest BCUT2D eigenvalue weighted by atomic mass is 35.5. The molecular weight excluding hydrogens is 452 g/mol.